The van der Waals surface area contributed by atoms with Gasteiger partial charge in [-0.2, -0.15) is 0 Å². The molecule has 0 spiro atoms. The van der Waals surface area contributed by atoms with Crippen LogP contribution in [-0.2, 0) is 6.54 Å². The van der Waals surface area contributed by atoms with E-state index in [1.807, 2.05) is 24.4 Å². The molecule has 1 aliphatic heterocycles. The quantitative estimate of drug-likeness (QED) is 0.802. The largest absolute Gasteiger partial charge is 0.391 e. The lowest BCUT2D eigenvalue weighted by atomic mass is 9.86. The molecule has 0 radical (unpaired) electrons. The normalized spacial score (nSPS) is 21.9. The molecule has 4 rings (SSSR count). The average Bonchev–Trinajstić information content (AvgIpc) is 2.62. The fourth-order valence-electron chi connectivity index (χ4n) is 3.69. The number of likely N-dealkylation sites (tertiary alicyclic amines) is 1. The monoisotopic (exact) mass is 318 g/mol. The van der Waals surface area contributed by atoms with Gasteiger partial charge in [0.2, 0.25) is 0 Å². The number of hydrogen-bond donors (Lipinski definition) is 1. The zero-order chi connectivity index (χ0) is 16.4. The Morgan fingerprint density at radius 3 is 2.62 bits per heavy atom. The first-order valence-electron chi connectivity index (χ1n) is 8.58. The molecular formula is C21H22N2O. The van der Waals surface area contributed by atoms with Gasteiger partial charge in [-0.3, -0.25) is 9.88 Å². The highest BCUT2D eigenvalue weighted by Gasteiger charge is 2.29. The smallest absolute Gasteiger partial charge is 0.0736 e. The van der Waals surface area contributed by atoms with Gasteiger partial charge >= 0.3 is 0 Å². The Bertz CT molecular complexity index is 818. The lowest BCUT2D eigenvalue weighted by Crippen LogP contribution is -2.42. The summed E-state index contributed by atoms with van der Waals surface area (Å²) >= 11 is 0. The van der Waals surface area contributed by atoms with Crippen LogP contribution in [0.2, 0.25) is 0 Å². The van der Waals surface area contributed by atoms with Crippen LogP contribution in [0, 0.1) is 0 Å². The predicted octanol–water partition coefficient (Wildman–Crippen LogP) is 3.59. The Kier molecular flexibility index (Phi) is 4.28. The van der Waals surface area contributed by atoms with Gasteiger partial charge in [-0.15, -0.1) is 0 Å². The summed E-state index contributed by atoms with van der Waals surface area (Å²) < 4.78 is 0. The molecule has 0 bridgehead atoms. The Morgan fingerprint density at radius 1 is 1.00 bits per heavy atom. The van der Waals surface area contributed by atoms with Crippen LogP contribution >= 0.6 is 0 Å². The standard InChI is InChI=1S/C21H22N2O/c24-21-15-23(14-19-7-3-4-11-22-19)12-10-20(21)18-9-8-16-5-1-2-6-17(16)13-18/h1-9,11,13,20-21,24H,10,12,14-15H2/t20-,21+/m0/s1. The first-order valence-corrected chi connectivity index (χ1v) is 8.58. The van der Waals surface area contributed by atoms with Crippen molar-refractivity contribution >= 4 is 10.8 Å². The number of β-amino-alcohol motifs (C(OH)–C–C–N with tert-alkyl or cyclic N) is 1. The van der Waals surface area contributed by atoms with E-state index in [1.54, 1.807) is 0 Å². The third-order valence-corrected chi connectivity index (χ3v) is 4.98. The number of aromatic nitrogens is 1. The van der Waals surface area contributed by atoms with Crippen LogP contribution in [0.1, 0.15) is 23.6 Å². The molecule has 1 saturated heterocycles. The van der Waals surface area contributed by atoms with Gasteiger partial charge < -0.3 is 5.11 Å². The van der Waals surface area contributed by atoms with Crippen LogP contribution in [0.3, 0.4) is 0 Å². The summed E-state index contributed by atoms with van der Waals surface area (Å²) in [5.74, 6) is 0.217. The number of piperidine rings is 1. The van der Waals surface area contributed by atoms with Crippen LogP contribution in [0.15, 0.2) is 66.9 Å². The molecule has 3 aromatic rings. The van der Waals surface area contributed by atoms with E-state index >= 15 is 0 Å². The molecule has 1 N–H and O–H groups in total. The number of rotatable bonds is 3. The first kappa shape index (κ1) is 15.3. The fourth-order valence-corrected chi connectivity index (χ4v) is 3.69. The highest BCUT2D eigenvalue weighted by molar-refractivity contribution is 5.83. The lowest BCUT2D eigenvalue weighted by Gasteiger charge is -2.36. The maximum absolute atomic E-state index is 10.7. The summed E-state index contributed by atoms with van der Waals surface area (Å²) in [7, 11) is 0. The molecule has 0 aliphatic carbocycles. The van der Waals surface area contributed by atoms with Gasteiger partial charge in [-0.25, -0.2) is 0 Å². The van der Waals surface area contributed by atoms with E-state index in [2.05, 4.69) is 52.3 Å². The van der Waals surface area contributed by atoms with E-state index in [1.165, 1.54) is 16.3 Å². The Morgan fingerprint density at radius 2 is 1.83 bits per heavy atom. The summed E-state index contributed by atoms with van der Waals surface area (Å²) in [4.78, 5) is 6.68. The molecule has 1 aliphatic rings. The Labute approximate surface area is 142 Å². The summed E-state index contributed by atoms with van der Waals surface area (Å²) in [6, 6.07) is 21.0. The molecule has 3 nitrogen and oxygen atoms in total. The second-order valence-electron chi connectivity index (χ2n) is 6.63. The van der Waals surface area contributed by atoms with Gasteiger partial charge in [0.1, 0.15) is 0 Å². The van der Waals surface area contributed by atoms with Gasteiger partial charge in [0.25, 0.3) is 0 Å². The molecule has 2 atom stereocenters. The summed E-state index contributed by atoms with van der Waals surface area (Å²) in [6.45, 7) is 2.50. The highest BCUT2D eigenvalue weighted by Crippen LogP contribution is 2.31. The molecule has 3 heteroatoms. The van der Waals surface area contributed by atoms with Gasteiger partial charge in [-0.1, -0.05) is 48.5 Å². The first-order chi connectivity index (χ1) is 11.8. The topological polar surface area (TPSA) is 36.4 Å². The minimum absolute atomic E-state index is 0.217. The van der Waals surface area contributed by atoms with E-state index in [4.69, 9.17) is 0 Å². The van der Waals surface area contributed by atoms with Crippen molar-refractivity contribution in [3.8, 4) is 0 Å². The van der Waals surface area contributed by atoms with Crippen molar-refractivity contribution in [1.29, 1.82) is 0 Å². The maximum Gasteiger partial charge on any atom is 0.0736 e. The molecule has 1 aromatic heterocycles. The second kappa shape index (κ2) is 6.71. The number of hydrogen-bond acceptors (Lipinski definition) is 3. The number of nitrogens with zero attached hydrogens (tertiary/aromatic N) is 2. The minimum atomic E-state index is -0.330. The molecule has 2 heterocycles. The third-order valence-electron chi connectivity index (χ3n) is 4.98. The fraction of sp³-hybridized carbons (Fsp3) is 0.286. The molecule has 0 amide bonds. The van der Waals surface area contributed by atoms with Crippen molar-refractivity contribution < 1.29 is 5.11 Å². The van der Waals surface area contributed by atoms with Crippen LogP contribution in [0.4, 0.5) is 0 Å². The van der Waals surface area contributed by atoms with Crippen molar-refractivity contribution in [2.45, 2.75) is 25.0 Å². The van der Waals surface area contributed by atoms with Crippen LogP contribution < -0.4 is 0 Å². The predicted molar refractivity (Wildman–Crippen MR) is 96.8 cm³/mol. The van der Waals surface area contributed by atoms with Crippen LogP contribution in [0.5, 0.6) is 0 Å². The van der Waals surface area contributed by atoms with Gasteiger partial charge in [-0.05, 0) is 41.4 Å². The number of aliphatic hydroxyl groups is 1. The summed E-state index contributed by atoms with van der Waals surface area (Å²) in [5.41, 5.74) is 2.31. The van der Waals surface area contributed by atoms with Crippen molar-refractivity contribution in [3.63, 3.8) is 0 Å². The zero-order valence-electron chi connectivity index (χ0n) is 13.7. The van der Waals surface area contributed by atoms with E-state index < -0.39 is 0 Å². The Hall–Kier alpha value is -2.23. The highest BCUT2D eigenvalue weighted by atomic mass is 16.3. The number of benzene rings is 2. The third kappa shape index (κ3) is 3.18. The number of fused-ring (bicyclic) bond motifs is 1. The van der Waals surface area contributed by atoms with Gasteiger partial charge in [0.15, 0.2) is 0 Å². The van der Waals surface area contributed by atoms with Gasteiger partial charge in [0.05, 0.1) is 11.8 Å². The van der Waals surface area contributed by atoms with Crippen LogP contribution in [-0.4, -0.2) is 34.2 Å². The number of pyridine rings is 1. The van der Waals surface area contributed by atoms with E-state index in [0.717, 1.165) is 25.2 Å². The number of aliphatic hydroxyl groups excluding tert-OH is 1. The minimum Gasteiger partial charge on any atom is -0.391 e. The SMILES string of the molecule is O[C@@H]1CN(Cc2ccccn2)CC[C@H]1c1ccc2ccccc2c1. The molecular weight excluding hydrogens is 296 g/mol. The van der Waals surface area contributed by atoms with Crippen molar-refractivity contribution in [1.82, 2.24) is 9.88 Å². The average molecular weight is 318 g/mol. The van der Waals surface area contributed by atoms with Gasteiger partial charge in [0, 0.05) is 25.2 Å². The zero-order valence-corrected chi connectivity index (χ0v) is 13.7. The van der Waals surface area contributed by atoms with E-state index in [-0.39, 0.29) is 12.0 Å². The van der Waals surface area contributed by atoms with Crippen LogP contribution in [0.25, 0.3) is 10.8 Å². The molecule has 0 saturated carbocycles. The molecule has 2 aromatic carbocycles. The molecule has 24 heavy (non-hydrogen) atoms. The summed E-state index contributed by atoms with van der Waals surface area (Å²) in [5, 5.41) is 13.2. The lowest BCUT2D eigenvalue weighted by molar-refractivity contribution is 0.0472. The summed E-state index contributed by atoms with van der Waals surface area (Å²) in [6.07, 6.45) is 2.48. The molecule has 122 valence electrons. The van der Waals surface area contributed by atoms with E-state index in [0.29, 0.717) is 6.54 Å². The maximum atomic E-state index is 10.7. The van der Waals surface area contributed by atoms with E-state index in [9.17, 15) is 5.11 Å². The molecule has 1 fully saturated rings. The van der Waals surface area contributed by atoms with Crippen molar-refractivity contribution in [2.24, 2.45) is 0 Å². The molecule has 0 unspecified atom stereocenters. The second-order valence-corrected chi connectivity index (χ2v) is 6.63. The Balaban J connectivity index is 1.47. The van der Waals surface area contributed by atoms with Crippen molar-refractivity contribution in [2.75, 3.05) is 13.1 Å². The van der Waals surface area contributed by atoms with Crippen molar-refractivity contribution in [3.05, 3.63) is 78.1 Å².